The normalized spacial score (nSPS) is 11.9. The van der Waals surface area contributed by atoms with E-state index in [1.54, 1.807) is 20.8 Å². The van der Waals surface area contributed by atoms with Gasteiger partial charge in [0.05, 0.1) is 0 Å². The smallest absolute Gasteiger partial charge is 0.460 e. The zero-order chi connectivity index (χ0) is 13.5. The molecule has 7 heteroatoms. The maximum atomic E-state index is 11.9. The molecular formula is C11H21BF3KO2. The monoisotopic (exact) mass is 292 g/mol. The van der Waals surface area contributed by atoms with Crippen molar-refractivity contribution in [3.05, 3.63) is 0 Å². The van der Waals surface area contributed by atoms with E-state index in [0.29, 0.717) is 19.3 Å². The Morgan fingerprint density at radius 1 is 1.06 bits per heavy atom. The van der Waals surface area contributed by atoms with Crippen LogP contribution in [0.4, 0.5) is 12.9 Å². The summed E-state index contributed by atoms with van der Waals surface area (Å²) in [5, 5.41) is 0. The Morgan fingerprint density at radius 2 is 1.56 bits per heavy atom. The summed E-state index contributed by atoms with van der Waals surface area (Å²) in [6.45, 7) is 0.715. The second-order valence-electron chi connectivity index (χ2n) is 5.25. The molecule has 0 aromatic rings. The molecule has 0 fully saturated rings. The van der Waals surface area contributed by atoms with Gasteiger partial charge in [0.1, 0.15) is 5.60 Å². The van der Waals surface area contributed by atoms with Crippen molar-refractivity contribution in [1.82, 2.24) is 0 Å². The fraction of sp³-hybridized carbons (Fsp3) is 0.909. The summed E-state index contributed by atoms with van der Waals surface area (Å²) < 4.78 is 40.7. The number of hydrogen-bond acceptors (Lipinski definition) is 2. The van der Waals surface area contributed by atoms with Crippen molar-refractivity contribution in [2.45, 2.75) is 64.8 Å². The number of ether oxygens (including phenoxy) is 1. The van der Waals surface area contributed by atoms with Crippen LogP contribution in [0.1, 0.15) is 52.9 Å². The molecule has 18 heavy (non-hydrogen) atoms. The third-order valence-electron chi connectivity index (χ3n) is 2.08. The van der Waals surface area contributed by atoms with E-state index >= 15 is 0 Å². The Hall–Kier alpha value is 0.961. The fourth-order valence-corrected chi connectivity index (χ4v) is 1.39. The molecule has 0 heterocycles. The molecule has 0 aliphatic rings. The van der Waals surface area contributed by atoms with Crippen molar-refractivity contribution >= 4 is 12.9 Å². The maximum absolute atomic E-state index is 11.9. The average molecular weight is 292 g/mol. The number of carbonyl (C=O) groups excluding carboxylic acids is 1. The van der Waals surface area contributed by atoms with Gasteiger partial charge < -0.3 is 17.7 Å². The van der Waals surface area contributed by atoms with Crippen LogP contribution in [0.2, 0.25) is 6.32 Å². The van der Waals surface area contributed by atoms with Gasteiger partial charge in [-0.3, -0.25) is 4.79 Å². The van der Waals surface area contributed by atoms with Crippen molar-refractivity contribution in [1.29, 1.82) is 0 Å². The minimum atomic E-state index is -4.65. The van der Waals surface area contributed by atoms with E-state index in [1.165, 1.54) is 0 Å². The predicted molar refractivity (Wildman–Crippen MR) is 62.8 cm³/mol. The molecule has 0 bridgehead atoms. The van der Waals surface area contributed by atoms with Crippen molar-refractivity contribution < 1.29 is 73.9 Å². The Balaban J connectivity index is 0. The molecule has 102 valence electrons. The van der Waals surface area contributed by atoms with Gasteiger partial charge in [-0.2, -0.15) is 0 Å². The van der Waals surface area contributed by atoms with Crippen LogP contribution in [-0.2, 0) is 9.53 Å². The molecule has 2 nitrogen and oxygen atoms in total. The van der Waals surface area contributed by atoms with Crippen LogP contribution >= 0.6 is 0 Å². The molecule has 0 radical (unpaired) electrons. The number of hydrogen-bond donors (Lipinski definition) is 0. The van der Waals surface area contributed by atoms with Crippen LogP contribution in [0.5, 0.6) is 0 Å². The number of carbonyl (C=O) groups is 1. The van der Waals surface area contributed by atoms with E-state index in [0.717, 1.165) is 0 Å². The van der Waals surface area contributed by atoms with Gasteiger partial charge in [0.2, 0.25) is 0 Å². The Bertz CT molecular complexity index is 239. The van der Waals surface area contributed by atoms with Crippen LogP contribution in [-0.4, -0.2) is 18.5 Å². The molecule has 0 unspecified atom stereocenters. The van der Waals surface area contributed by atoms with E-state index in [-0.39, 0.29) is 70.2 Å². The zero-order valence-electron chi connectivity index (χ0n) is 11.8. The van der Waals surface area contributed by atoms with Crippen LogP contribution in [0.25, 0.3) is 0 Å². The first-order chi connectivity index (χ1) is 7.60. The molecule has 0 saturated carbocycles. The Labute approximate surface area is 150 Å². The van der Waals surface area contributed by atoms with Gasteiger partial charge in [0.25, 0.3) is 0 Å². The first-order valence-corrected chi connectivity index (χ1v) is 6.03. The largest absolute Gasteiger partial charge is 1.00 e. The summed E-state index contributed by atoms with van der Waals surface area (Å²) in [5.41, 5.74) is -0.490. The predicted octanol–water partition coefficient (Wildman–Crippen LogP) is 1.13. The summed E-state index contributed by atoms with van der Waals surface area (Å²) in [5.74, 6) is -0.280. The number of halogens is 3. The SMILES string of the molecule is CC(C)(C)OC(=O)CCCCCC[B-](F)(F)F.[K+]. The van der Waals surface area contributed by atoms with Crippen LogP contribution in [0, 0.1) is 0 Å². The van der Waals surface area contributed by atoms with E-state index in [4.69, 9.17) is 4.74 Å². The van der Waals surface area contributed by atoms with Gasteiger partial charge in [-0.15, -0.1) is 0 Å². The molecule has 0 aliphatic carbocycles. The maximum Gasteiger partial charge on any atom is 1.00 e. The van der Waals surface area contributed by atoms with Crippen molar-refractivity contribution in [2.24, 2.45) is 0 Å². The van der Waals surface area contributed by atoms with Gasteiger partial charge >= 0.3 is 64.3 Å². The number of unbranched alkanes of at least 4 members (excludes halogenated alkanes) is 3. The van der Waals surface area contributed by atoms with E-state index < -0.39 is 18.9 Å². The van der Waals surface area contributed by atoms with Gasteiger partial charge in [0.15, 0.2) is 0 Å². The van der Waals surface area contributed by atoms with E-state index in [2.05, 4.69) is 0 Å². The van der Waals surface area contributed by atoms with Gasteiger partial charge in [0, 0.05) is 6.42 Å². The first kappa shape index (κ1) is 21.3. The van der Waals surface area contributed by atoms with Gasteiger partial charge in [-0.1, -0.05) is 25.6 Å². The average Bonchev–Trinajstić information content (AvgIpc) is 2.06. The van der Waals surface area contributed by atoms with Crippen molar-refractivity contribution in [2.75, 3.05) is 0 Å². The Morgan fingerprint density at radius 3 is 2.00 bits per heavy atom. The zero-order valence-corrected chi connectivity index (χ0v) is 14.9. The molecule has 0 aromatic carbocycles. The first-order valence-electron chi connectivity index (χ1n) is 6.03. The second-order valence-corrected chi connectivity index (χ2v) is 5.25. The quantitative estimate of drug-likeness (QED) is 0.399. The molecule has 0 amide bonds. The summed E-state index contributed by atoms with van der Waals surface area (Å²) in [4.78, 5) is 11.3. The van der Waals surface area contributed by atoms with Gasteiger partial charge in [-0.25, -0.2) is 0 Å². The fourth-order valence-electron chi connectivity index (χ4n) is 1.39. The third-order valence-corrected chi connectivity index (χ3v) is 2.08. The minimum Gasteiger partial charge on any atom is -0.460 e. The number of esters is 1. The molecule has 0 spiro atoms. The molecule has 0 atom stereocenters. The topological polar surface area (TPSA) is 26.3 Å². The summed E-state index contributed by atoms with van der Waals surface area (Å²) in [6.07, 6.45) is 1.54. The molecular weight excluding hydrogens is 271 g/mol. The molecule has 0 saturated heterocycles. The summed E-state index contributed by atoms with van der Waals surface area (Å²) >= 11 is 0. The molecule has 0 rings (SSSR count). The third kappa shape index (κ3) is 17.0. The van der Waals surface area contributed by atoms with Crippen molar-refractivity contribution in [3.8, 4) is 0 Å². The van der Waals surface area contributed by atoms with Crippen LogP contribution in [0.3, 0.4) is 0 Å². The van der Waals surface area contributed by atoms with Crippen LogP contribution < -0.4 is 51.4 Å². The second kappa shape index (κ2) is 9.80. The van der Waals surface area contributed by atoms with E-state index in [1.807, 2.05) is 0 Å². The summed E-state index contributed by atoms with van der Waals surface area (Å²) in [7, 11) is 0. The molecule has 0 aromatic heterocycles. The standard InChI is InChI=1S/C11H21BF3O2.K/c1-11(2,3)17-10(16)8-6-4-5-7-9-12(13,14)15;/h4-9H2,1-3H3;/q-1;+1. The molecule has 0 aliphatic heterocycles. The van der Waals surface area contributed by atoms with E-state index in [9.17, 15) is 17.7 Å². The van der Waals surface area contributed by atoms with Gasteiger partial charge in [-0.05, 0) is 27.2 Å². The number of rotatable bonds is 7. The molecule has 0 N–H and O–H groups in total. The summed E-state index contributed by atoms with van der Waals surface area (Å²) in [6, 6.07) is 0. The Kier molecular flexibility index (Phi) is 11.6. The van der Waals surface area contributed by atoms with Crippen molar-refractivity contribution in [3.63, 3.8) is 0 Å². The minimum absolute atomic E-state index is 0. The van der Waals surface area contributed by atoms with Crippen LogP contribution in [0.15, 0.2) is 0 Å².